The first-order valence-corrected chi connectivity index (χ1v) is 9.16. The monoisotopic (exact) mass is 360 g/mol. The summed E-state index contributed by atoms with van der Waals surface area (Å²) in [5, 5.41) is 0. The first-order chi connectivity index (χ1) is 13.2. The van der Waals surface area contributed by atoms with Crippen molar-refractivity contribution in [1.82, 2.24) is 14.5 Å². The van der Waals surface area contributed by atoms with Crippen molar-refractivity contribution in [3.05, 3.63) is 70.8 Å². The maximum atomic E-state index is 12.6. The Kier molecular flexibility index (Phi) is 3.70. The van der Waals surface area contributed by atoms with Crippen LogP contribution in [0, 0.1) is 5.92 Å². The van der Waals surface area contributed by atoms with Gasteiger partial charge in [0.1, 0.15) is 5.75 Å². The number of rotatable bonds is 2. The highest BCUT2D eigenvalue weighted by Gasteiger charge is 2.39. The molecule has 2 aliphatic heterocycles. The van der Waals surface area contributed by atoms with Gasteiger partial charge in [0.2, 0.25) is 5.95 Å². The van der Waals surface area contributed by atoms with Gasteiger partial charge in [-0.25, -0.2) is 4.98 Å². The van der Waals surface area contributed by atoms with Gasteiger partial charge in [0.25, 0.3) is 5.56 Å². The molecule has 0 amide bonds. The van der Waals surface area contributed by atoms with Crippen LogP contribution in [0.1, 0.15) is 11.5 Å². The molecular formula is C21H20N4O2. The Labute approximate surface area is 157 Å². The van der Waals surface area contributed by atoms with Gasteiger partial charge in [0, 0.05) is 56.0 Å². The average Bonchev–Trinajstić information content (AvgIpc) is 3.15. The minimum atomic E-state index is -0.0571. The van der Waals surface area contributed by atoms with E-state index in [9.17, 15) is 4.79 Å². The van der Waals surface area contributed by atoms with Crippen molar-refractivity contribution < 1.29 is 4.74 Å². The third-order valence-electron chi connectivity index (χ3n) is 5.58. The van der Waals surface area contributed by atoms with Crippen LogP contribution in [-0.2, 0) is 7.05 Å². The maximum absolute atomic E-state index is 12.6. The van der Waals surface area contributed by atoms with Crippen molar-refractivity contribution in [3.8, 4) is 17.0 Å². The molecular weight excluding hydrogens is 340 g/mol. The van der Waals surface area contributed by atoms with Gasteiger partial charge in [-0.1, -0.05) is 18.2 Å². The molecule has 0 radical (unpaired) electrons. The van der Waals surface area contributed by atoms with E-state index >= 15 is 0 Å². The lowest BCUT2D eigenvalue weighted by Gasteiger charge is -2.27. The van der Waals surface area contributed by atoms with E-state index in [0.717, 1.165) is 24.4 Å². The highest BCUT2D eigenvalue weighted by Crippen LogP contribution is 2.42. The molecule has 0 aliphatic carbocycles. The minimum Gasteiger partial charge on any atom is -0.493 e. The lowest BCUT2D eigenvalue weighted by Crippen LogP contribution is -2.30. The second-order valence-corrected chi connectivity index (χ2v) is 7.19. The van der Waals surface area contributed by atoms with Gasteiger partial charge in [0.15, 0.2) is 0 Å². The summed E-state index contributed by atoms with van der Waals surface area (Å²) in [5.74, 6) is 2.49. The molecule has 1 fully saturated rings. The van der Waals surface area contributed by atoms with E-state index in [0.29, 0.717) is 30.1 Å². The molecule has 2 aliphatic rings. The van der Waals surface area contributed by atoms with E-state index in [-0.39, 0.29) is 5.56 Å². The zero-order chi connectivity index (χ0) is 18.4. The van der Waals surface area contributed by atoms with Crippen LogP contribution in [0.5, 0.6) is 5.75 Å². The molecule has 5 rings (SSSR count). The predicted octanol–water partition coefficient (Wildman–Crippen LogP) is 2.45. The molecule has 27 heavy (non-hydrogen) atoms. The number of para-hydroxylation sites is 1. The number of nitrogens with zero attached hydrogens (tertiary/aromatic N) is 4. The van der Waals surface area contributed by atoms with Crippen LogP contribution < -0.4 is 15.2 Å². The Morgan fingerprint density at radius 3 is 2.78 bits per heavy atom. The average molecular weight is 360 g/mol. The molecule has 1 saturated heterocycles. The lowest BCUT2D eigenvalue weighted by atomic mass is 9.87. The summed E-state index contributed by atoms with van der Waals surface area (Å²) in [4.78, 5) is 23.6. The smallest absolute Gasteiger partial charge is 0.255 e. The van der Waals surface area contributed by atoms with Gasteiger partial charge >= 0.3 is 0 Å². The molecule has 2 aromatic heterocycles. The van der Waals surface area contributed by atoms with Crippen LogP contribution in [0.2, 0.25) is 0 Å². The molecule has 6 nitrogen and oxygen atoms in total. The van der Waals surface area contributed by atoms with Crippen LogP contribution in [0.4, 0.5) is 5.95 Å². The third kappa shape index (κ3) is 2.68. The third-order valence-corrected chi connectivity index (χ3v) is 5.58. The second-order valence-electron chi connectivity index (χ2n) is 7.19. The van der Waals surface area contributed by atoms with Crippen LogP contribution in [0.15, 0.2) is 59.7 Å². The SMILES string of the molecule is Cn1c(N2C[C@@H]3COc4ccccc4[C@@H]3C2)nc(-c2ccncc2)cc1=O. The molecule has 0 spiro atoms. The van der Waals surface area contributed by atoms with Crippen molar-refractivity contribution in [3.63, 3.8) is 0 Å². The topological polar surface area (TPSA) is 60.2 Å². The fourth-order valence-corrected chi connectivity index (χ4v) is 4.15. The molecule has 2 atom stereocenters. The van der Waals surface area contributed by atoms with E-state index < -0.39 is 0 Å². The van der Waals surface area contributed by atoms with Crippen LogP contribution in [0.25, 0.3) is 11.3 Å². The van der Waals surface area contributed by atoms with E-state index in [1.54, 1.807) is 30.1 Å². The molecule has 136 valence electrons. The fraction of sp³-hybridized carbons (Fsp3) is 0.286. The summed E-state index contributed by atoms with van der Waals surface area (Å²) in [7, 11) is 1.79. The number of ether oxygens (including phenoxy) is 1. The van der Waals surface area contributed by atoms with E-state index in [1.807, 2.05) is 24.3 Å². The van der Waals surface area contributed by atoms with Gasteiger partial charge in [-0.3, -0.25) is 14.3 Å². The molecule has 6 heteroatoms. The first-order valence-electron chi connectivity index (χ1n) is 9.16. The Hall–Kier alpha value is -3.15. The summed E-state index contributed by atoms with van der Waals surface area (Å²) in [6, 6.07) is 13.6. The van der Waals surface area contributed by atoms with Crippen molar-refractivity contribution in [1.29, 1.82) is 0 Å². The quantitative estimate of drug-likeness (QED) is 0.703. The lowest BCUT2D eigenvalue weighted by molar-refractivity contribution is 0.220. The van der Waals surface area contributed by atoms with Crippen LogP contribution >= 0.6 is 0 Å². The van der Waals surface area contributed by atoms with Crippen molar-refractivity contribution in [2.45, 2.75) is 5.92 Å². The number of benzene rings is 1. The minimum absolute atomic E-state index is 0.0571. The molecule has 0 N–H and O–H groups in total. The summed E-state index contributed by atoms with van der Waals surface area (Å²) >= 11 is 0. The van der Waals surface area contributed by atoms with E-state index in [2.05, 4.69) is 22.0 Å². The first kappa shape index (κ1) is 16.1. The fourth-order valence-electron chi connectivity index (χ4n) is 4.15. The number of fused-ring (bicyclic) bond motifs is 3. The highest BCUT2D eigenvalue weighted by molar-refractivity contribution is 5.60. The summed E-state index contributed by atoms with van der Waals surface area (Å²) in [6.45, 7) is 2.38. The van der Waals surface area contributed by atoms with Gasteiger partial charge in [0.05, 0.1) is 12.3 Å². The van der Waals surface area contributed by atoms with Crippen molar-refractivity contribution >= 4 is 5.95 Å². The van der Waals surface area contributed by atoms with E-state index in [1.165, 1.54) is 5.56 Å². The Morgan fingerprint density at radius 1 is 1.11 bits per heavy atom. The Morgan fingerprint density at radius 2 is 1.93 bits per heavy atom. The van der Waals surface area contributed by atoms with Crippen LogP contribution in [0.3, 0.4) is 0 Å². The molecule has 3 aromatic rings. The molecule has 0 saturated carbocycles. The van der Waals surface area contributed by atoms with Gasteiger partial charge in [-0.15, -0.1) is 0 Å². The number of hydrogen-bond acceptors (Lipinski definition) is 5. The van der Waals surface area contributed by atoms with Gasteiger partial charge in [-0.05, 0) is 23.8 Å². The Balaban J connectivity index is 1.53. The molecule has 4 heterocycles. The standard InChI is InChI=1S/C21H20N4O2/c1-24-20(26)10-18(14-6-8-22-9-7-14)23-21(24)25-11-15-13-27-19-5-3-2-4-16(19)17(15)12-25/h2-10,15,17H,11-13H2,1H3/t15-,17-/m1/s1. The zero-order valence-electron chi connectivity index (χ0n) is 15.1. The molecule has 0 bridgehead atoms. The van der Waals surface area contributed by atoms with E-state index in [4.69, 9.17) is 9.72 Å². The molecule has 0 unspecified atom stereocenters. The zero-order valence-corrected chi connectivity index (χ0v) is 15.1. The maximum Gasteiger partial charge on any atom is 0.255 e. The number of anilines is 1. The van der Waals surface area contributed by atoms with Gasteiger partial charge in [-0.2, -0.15) is 0 Å². The summed E-state index contributed by atoms with van der Waals surface area (Å²) in [6.07, 6.45) is 3.43. The second kappa shape index (κ2) is 6.23. The largest absolute Gasteiger partial charge is 0.493 e. The summed E-state index contributed by atoms with van der Waals surface area (Å²) in [5.41, 5.74) is 2.78. The highest BCUT2D eigenvalue weighted by atomic mass is 16.5. The van der Waals surface area contributed by atoms with Gasteiger partial charge < -0.3 is 9.64 Å². The number of hydrogen-bond donors (Lipinski definition) is 0. The molecule has 1 aromatic carbocycles. The van der Waals surface area contributed by atoms with Crippen molar-refractivity contribution in [2.24, 2.45) is 13.0 Å². The van der Waals surface area contributed by atoms with Crippen LogP contribution in [-0.4, -0.2) is 34.2 Å². The Bertz CT molecular complexity index is 1050. The number of aromatic nitrogens is 3. The number of pyridine rings is 1. The normalized spacial score (nSPS) is 20.7. The predicted molar refractivity (Wildman–Crippen MR) is 103 cm³/mol. The summed E-state index contributed by atoms with van der Waals surface area (Å²) < 4.78 is 7.58. The van der Waals surface area contributed by atoms with Crippen molar-refractivity contribution in [2.75, 3.05) is 24.6 Å².